The first kappa shape index (κ1) is 12.4. The molecule has 76 valence electrons. The van der Waals surface area contributed by atoms with Crippen molar-refractivity contribution in [1.29, 1.82) is 0 Å². The van der Waals surface area contributed by atoms with Crippen molar-refractivity contribution in [2.75, 3.05) is 0 Å². The van der Waals surface area contributed by atoms with Crippen molar-refractivity contribution in [2.24, 2.45) is 11.7 Å². The third-order valence-electron chi connectivity index (χ3n) is 2.36. The normalized spacial score (nSPS) is 14.8. The van der Waals surface area contributed by atoms with E-state index in [9.17, 15) is 0 Å². The fourth-order valence-electron chi connectivity index (χ4n) is 1.30. The molecule has 0 aliphatic heterocycles. The van der Waals surface area contributed by atoms with Gasteiger partial charge in [0, 0.05) is 6.04 Å². The molecule has 0 aromatic rings. The van der Waals surface area contributed by atoms with Crippen LogP contribution < -0.4 is 5.73 Å². The summed E-state index contributed by atoms with van der Waals surface area (Å²) in [5, 5.41) is 0. The summed E-state index contributed by atoms with van der Waals surface area (Å²) in [6.45, 7) is 12.3. The quantitative estimate of drug-likeness (QED) is 0.647. The minimum Gasteiger partial charge on any atom is -0.324 e. The average Bonchev–Trinajstić information content (AvgIpc) is 2.02. The molecule has 0 rings (SSSR count). The van der Waals surface area contributed by atoms with Crippen LogP contribution in [0.5, 0.6) is 0 Å². The molecule has 2 atom stereocenters. The molecule has 0 aliphatic rings. The summed E-state index contributed by atoms with van der Waals surface area (Å²) in [6, 6.07) is 0.158. The summed E-state index contributed by atoms with van der Waals surface area (Å²) in [6.07, 6.45) is 4.55. The van der Waals surface area contributed by atoms with E-state index in [4.69, 9.17) is 5.73 Å². The van der Waals surface area contributed by atoms with Gasteiger partial charge < -0.3 is 5.73 Å². The van der Waals surface area contributed by atoms with E-state index >= 15 is 0 Å². The summed E-state index contributed by atoms with van der Waals surface area (Å²) in [7, 11) is 0. The lowest BCUT2D eigenvalue weighted by Gasteiger charge is -2.19. The fraction of sp³-hybridized carbons (Fsp3) is 0.667. The van der Waals surface area contributed by atoms with Gasteiger partial charge >= 0.3 is 0 Å². The molecule has 0 saturated heterocycles. The molecule has 2 N–H and O–H groups in total. The van der Waals surface area contributed by atoms with Gasteiger partial charge in [-0.2, -0.15) is 0 Å². The summed E-state index contributed by atoms with van der Waals surface area (Å²) in [5.74, 6) is 0.535. The molecule has 0 bridgehead atoms. The zero-order chi connectivity index (χ0) is 10.4. The molecule has 0 saturated carbocycles. The second-order valence-corrected chi connectivity index (χ2v) is 4.21. The van der Waals surface area contributed by atoms with Crippen molar-refractivity contribution in [3.63, 3.8) is 0 Å². The minimum absolute atomic E-state index is 0.158. The first-order valence-corrected chi connectivity index (χ1v) is 4.99. The van der Waals surface area contributed by atoms with Crippen LogP contribution in [-0.4, -0.2) is 6.04 Å². The van der Waals surface area contributed by atoms with E-state index in [0.717, 1.165) is 18.4 Å². The van der Waals surface area contributed by atoms with Gasteiger partial charge in [0.15, 0.2) is 0 Å². The zero-order valence-electron chi connectivity index (χ0n) is 9.43. The van der Waals surface area contributed by atoms with Gasteiger partial charge in [-0.25, -0.2) is 0 Å². The Balaban J connectivity index is 3.81. The summed E-state index contributed by atoms with van der Waals surface area (Å²) in [5.41, 5.74) is 8.43. The second-order valence-electron chi connectivity index (χ2n) is 4.21. The van der Waals surface area contributed by atoms with Crippen molar-refractivity contribution in [3.05, 3.63) is 23.8 Å². The minimum atomic E-state index is 0.158. The van der Waals surface area contributed by atoms with Crippen molar-refractivity contribution in [1.82, 2.24) is 0 Å². The fourth-order valence-corrected chi connectivity index (χ4v) is 1.30. The van der Waals surface area contributed by atoms with Crippen LogP contribution in [0.25, 0.3) is 0 Å². The van der Waals surface area contributed by atoms with E-state index in [0.29, 0.717) is 5.92 Å². The smallest absolute Gasteiger partial charge is 0.0274 e. The first-order valence-electron chi connectivity index (χ1n) is 4.99. The van der Waals surface area contributed by atoms with Crippen LogP contribution in [0.15, 0.2) is 23.8 Å². The molecule has 1 nitrogen and oxygen atoms in total. The lowest BCUT2D eigenvalue weighted by atomic mass is 9.92. The Bertz CT molecular complexity index is 187. The van der Waals surface area contributed by atoms with Crippen LogP contribution in [0.1, 0.15) is 40.5 Å². The monoisotopic (exact) mass is 181 g/mol. The summed E-state index contributed by atoms with van der Waals surface area (Å²) in [4.78, 5) is 0. The van der Waals surface area contributed by atoms with Crippen LogP contribution in [0, 0.1) is 5.92 Å². The average molecular weight is 181 g/mol. The van der Waals surface area contributed by atoms with E-state index < -0.39 is 0 Å². The Morgan fingerprint density at radius 2 is 1.92 bits per heavy atom. The van der Waals surface area contributed by atoms with Crippen molar-refractivity contribution in [2.45, 2.75) is 46.6 Å². The van der Waals surface area contributed by atoms with Crippen LogP contribution in [0.2, 0.25) is 0 Å². The highest BCUT2D eigenvalue weighted by Gasteiger charge is 2.11. The van der Waals surface area contributed by atoms with Gasteiger partial charge in [0.25, 0.3) is 0 Å². The van der Waals surface area contributed by atoms with E-state index in [2.05, 4.69) is 33.4 Å². The van der Waals surface area contributed by atoms with Crippen molar-refractivity contribution < 1.29 is 0 Å². The maximum absolute atomic E-state index is 5.96. The van der Waals surface area contributed by atoms with E-state index in [1.165, 1.54) is 5.57 Å². The Labute approximate surface area is 82.7 Å². The van der Waals surface area contributed by atoms with Gasteiger partial charge in [0.2, 0.25) is 0 Å². The number of allylic oxidation sites excluding steroid dienone is 2. The maximum Gasteiger partial charge on any atom is 0.0274 e. The molecule has 0 fully saturated rings. The molecular formula is C12H23N. The highest BCUT2D eigenvalue weighted by molar-refractivity contribution is 5.02. The van der Waals surface area contributed by atoms with Crippen LogP contribution in [-0.2, 0) is 0 Å². The third kappa shape index (κ3) is 5.64. The molecule has 0 amide bonds. The van der Waals surface area contributed by atoms with Crippen LogP contribution >= 0.6 is 0 Å². The highest BCUT2D eigenvalue weighted by Crippen LogP contribution is 2.14. The first-order chi connectivity index (χ1) is 5.95. The Kier molecular flexibility index (Phi) is 5.72. The van der Waals surface area contributed by atoms with Crippen molar-refractivity contribution >= 4 is 0 Å². The Hall–Kier alpha value is -0.560. The van der Waals surface area contributed by atoms with E-state index in [1.54, 1.807) is 0 Å². The van der Waals surface area contributed by atoms with E-state index in [-0.39, 0.29) is 6.04 Å². The molecule has 1 heteroatoms. The van der Waals surface area contributed by atoms with Crippen LogP contribution in [0.4, 0.5) is 0 Å². The Morgan fingerprint density at radius 3 is 2.31 bits per heavy atom. The molecule has 2 unspecified atom stereocenters. The maximum atomic E-state index is 5.96. The summed E-state index contributed by atoms with van der Waals surface area (Å²) >= 11 is 0. The van der Waals surface area contributed by atoms with Gasteiger partial charge in [-0.1, -0.05) is 30.7 Å². The lowest BCUT2D eigenvalue weighted by molar-refractivity contribution is 0.470. The highest BCUT2D eigenvalue weighted by atomic mass is 14.6. The van der Waals surface area contributed by atoms with Gasteiger partial charge in [0.05, 0.1) is 0 Å². The largest absolute Gasteiger partial charge is 0.324 e. The van der Waals surface area contributed by atoms with Gasteiger partial charge in [-0.15, -0.1) is 0 Å². The summed E-state index contributed by atoms with van der Waals surface area (Å²) < 4.78 is 0. The molecule has 0 heterocycles. The van der Waals surface area contributed by atoms with Crippen molar-refractivity contribution in [3.8, 4) is 0 Å². The topological polar surface area (TPSA) is 26.0 Å². The Morgan fingerprint density at radius 1 is 1.38 bits per heavy atom. The lowest BCUT2D eigenvalue weighted by Crippen LogP contribution is -2.28. The predicted molar refractivity (Wildman–Crippen MR) is 60.6 cm³/mol. The zero-order valence-corrected chi connectivity index (χ0v) is 9.43. The SMILES string of the molecule is C=C(C)C(N)C(C)CCC=C(C)C. The number of hydrogen-bond donors (Lipinski definition) is 1. The molecule has 0 radical (unpaired) electrons. The molecule has 13 heavy (non-hydrogen) atoms. The predicted octanol–water partition coefficient (Wildman–Crippen LogP) is 3.27. The number of hydrogen-bond acceptors (Lipinski definition) is 1. The second kappa shape index (κ2) is 5.98. The van der Waals surface area contributed by atoms with Gasteiger partial charge in [0.1, 0.15) is 0 Å². The molecule has 0 aromatic carbocycles. The van der Waals surface area contributed by atoms with Crippen LogP contribution in [0.3, 0.4) is 0 Å². The van der Waals surface area contributed by atoms with Gasteiger partial charge in [-0.05, 0) is 39.5 Å². The molecule has 0 spiro atoms. The standard InChI is InChI=1S/C12H23N/c1-9(2)7-6-8-11(5)12(13)10(3)4/h7,11-12H,3,6,8,13H2,1-2,4-5H3. The molecule has 0 aliphatic carbocycles. The number of rotatable bonds is 5. The third-order valence-corrected chi connectivity index (χ3v) is 2.36. The number of nitrogens with two attached hydrogens (primary N) is 1. The van der Waals surface area contributed by atoms with Gasteiger partial charge in [-0.3, -0.25) is 0 Å². The molecular weight excluding hydrogens is 158 g/mol. The van der Waals surface area contributed by atoms with E-state index in [1.807, 2.05) is 6.92 Å². The molecule has 0 aromatic heterocycles.